The van der Waals surface area contributed by atoms with Crippen LogP contribution >= 0.6 is 0 Å². The Labute approximate surface area is 183 Å². The molecular weight excluding hydrogens is 453 g/mol. The Morgan fingerprint density at radius 2 is 1.70 bits per heavy atom. The van der Waals surface area contributed by atoms with Crippen LogP contribution in [-0.2, 0) is 10.2 Å². The molecule has 33 heavy (non-hydrogen) atoms. The molecule has 1 atom stereocenters. The highest BCUT2D eigenvalue weighted by atomic mass is 19.4. The number of aromatic nitrogens is 1. The van der Waals surface area contributed by atoms with Gasteiger partial charge in [-0.25, -0.2) is 8.78 Å². The van der Waals surface area contributed by atoms with Crippen molar-refractivity contribution in [2.45, 2.75) is 39.0 Å². The lowest BCUT2D eigenvalue weighted by molar-refractivity contribution is -0.274. The summed E-state index contributed by atoms with van der Waals surface area (Å²) in [7, 11) is 0. The van der Waals surface area contributed by atoms with Crippen molar-refractivity contribution >= 4 is 22.8 Å². The van der Waals surface area contributed by atoms with Crippen molar-refractivity contribution in [3.05, 3.63) is 58.8 Å². The number of carbonyl (C=O) groups is 2. The van der Waals surface area contributed by atoms with E-state index >= 15 is 0 Å². The average Bonchev–Trinajstić information content (AvgIpc) is 3.02. The van der Waals surface area contributed by atoms with Crippen molar-refractivity contribution in [1.29, 1.82) is 0 Å². The lowest BCUT2D eigenvalue weighted by atomic mass is 9.78. The van der Waals surface area contributed by atoms with Crippen LogP contribution in [0.3, 0.4) is 0 Å². The van der Waals surface area contributed by atoms with Crippen LogP contribution in [0.1, 0.15) is 41.9 Å². The maximum absolute atomic E-state index is 15.0. The molecule has 1 aromatic heterocycles. The standard InChI is InChI=1S/C22H18F5NO5/c1-4-21(3,20(31)32)16-10(2)28(14-9-13(23)18(29)17(24)15(14)16)19(30)11-5-7-12(8-6-11)33-22(25,26)27/h5-9,29H,4H2,1-3H3,(H,31,32)/t21-/m1/s1. The van der Waals surface area contributed by atoms with Crippen molar-refractivity contribution in [1.82, 2.24) is 4.57 Å². The number of ether oxygens (including phenoxy) is 1. The first-order valence-electron chi connectivity index (χ1n) is 9.59. The third kappa shape index (κ3) is 3.98. The molecule has 0 saturated heterocycles. The molecule has 3 aromatic rings. The second kappa shape index (κ2) is 8.05. The Morgan fingerprint density at radius 1 is 1.12 bits per heavy atom. The number of nitrogens with zero attached hydrogens (tertiary/aromatic N) is 1. The number of carbonyl (C=O) groups excluding carboxylic acids is 1. The lowest BCUT2D eigenvalue weighted by Crippen LogP contribution is -2.32. The fraction of sp³-hybridized carbons (Fsp3) is 0.273. The van der Waals surface area contributed by atoms with Gasteiger partial charge >= 0.3 is 12.3 Å². The molecule has 0 aliphatic carbocycles. The topological polar surface area (TPSA) is 88.8 Å². The van der Waals surface area contributed by atoms with Crippen LogP contribution in [-0.4, -0.2) is 33.0 Å². The number of alkyl halides is 3. The minimum absolute atomic E-state index is 0.0266. The Balaban J connectivity index is 2.29. The molecule has 3 rings (SSSR count). The van der Waals surface area contributed by atoms with Crippen LogP contribution in [0.15, 0.2) is 30.3 Å². The molecule has 0 amide bonds. The van der Waals surface area contributed by atoms with E-state index in [4.69, 9.17) is 0 Å². The summed E-state index contributed by atoms with van der Waals surface area (Å²) >= 11 is 0. The number of phenols is 1. The first kappa shape index (κ1) is 24.0. The number of aliphatic carboxylic acids is 1. The van der Waals surface area contributed by atoms with Gasteiger partial charge in [0.2, 0.25) is 0 Å². The summed E-state index contributed by atoms with van der Waals surface area (Å²) < 4.78 is 71.0. The molecule has 0 aliphatic heterocycles. The SMILES string of the molecule is CC[C@@](C)(C(=O)O)c1c(C)n(C(=O)c2ccc(OC(F)(F)F)cc2)c2cc(F)c(O)c(F)c12. The van der Waals surface area contributed by atoms with Gasteiger partial charge in [0, 0.05) is 28.3 Å². The molecular formula is C22H18F5NO5. The number of hydrogen-bond acceptors (Lipinski definition) is 4. The molecule has 0 aliphatic rings. The summed E-state index contributed by atoms with van der Waals surface area (Å²) in [4.78, 5) is 25.3. The molecule has 0 fully saturated rings. The zero-order valence-corrected chi connectivity index (χ0v) is 17.6. The van der Waals surface area contributed by atoms with Crippen LogP contribution < -0.4 is 4.74 Å². The van der Waals surface area contributed by atoms with Gasteiger partial charge in [-0.2, -0.15) is 0 Å². The number of rotatable bonds is 5. The fourth-order valence-electron chi connectivity index (χ4n) is 3.78. The van der Waals surface area contributed by atoms with E-state index < -0.39 is 52.2 Å². The van der Waals surface area contributed by atoms with E-state index in [0.29, 0.717) is 6.07 Å². The van der Waals surface area contributed by atoms with Gasteiger partial charge in [-0.3, -0.25) is 14.2 Å². The van der Waals surface area contributed by atoms with E-state index in [1.807, 2.05) is 0 Å². The van der Waals surface area contributed by atoms with E-state index in [-0.39, 0.29) is 28.8 Å². The molecule has 11 heteroatoms. The van der Waals surface area contributed by atoms with E-state index in [1.165, 1.54) is 20.8 Å². The zero-order valence-electron chi connectivity index (χ0n) is 17.6. The van der Waals surface area contributed by atoms with Crippen molar-refractivity contribution in [3.63, 3.8) is 0 Å². The van der Waals surface area contributed by atoms with Gasteiger partial charge in [-0.1, -0.05) is 6.92 Å². The van der Waals surface area contributed by atoms with Gasteiger partial charge in [0.15, 0.2) is 17.4 Å². The van der Waals surface area contributed by atoms with Gasteiger partial charge in [0.1, 0.15) is 5.75 Å². The minimum Gasteiger partial charge on any atom is -0.503 e. The Bertz CT molecular complexity index is 1260. The number of aromatic hydroxyl groups is 1. The molecule has 2 aromatic carbocycles. The van der Waals surface area contributed by atoms with Crippen molar-refractivity contribution in [2.24, 2.45) is 0 Å². The second-order valence-electron chi connectivity index (χ2n) is 7.58. The maximum atomic E-state index is 15.0. The average molecular weight is 471 g/mol. The number of halogens is 5. The molecule has 0 spiro atoms. The molecule has 1 heterocycles. The van der Waals surface area contributed by atoms with Crippen LogP contribution in [0.25, 0.3) is 10.9 Å². The molecule has 0 saturated carbocycles. The Morgan fingerprint density at radius 3 is 2.18 bits per heavy atom. The molecule has 176 valence electrons. The lowest BCUT2D eigenvalue weighted by Gasteiger charge is -2.24. The molecule has 0 unspecified atom stereocenters. The normalized spacial score (nSPS) is 13.7. The molecule has 6 nitrogen and oxygen atoms in total. The highest BCUT2D eigenvalue weighted by Crippen LogP contribution is 2.42. The summed E-state index contributed by atoms with van der Waals surface area (Å²) in [5.41, 5.74) is -2.36. The Hall–Kier alpha value is -3.63. The van der Waals surface area contributed by atoms with Crippen molar-refractivity contribution in [3.8, 4) is 11.5 Å². The number of fused-ring (bicyclic) bond motifs is 1. The largest absolute Gasteiger partial charge is 0.573 e. The molecule has 0 bridgehead atoms. The minimum atomic E-state index is -4.94. The van der Waals surface area contributed by atoms with Crippen LogP contribution in [0.4, 0.5) is 22.0 Å². The van der Waals surface area contributed by atoms with Crippen LogP contribution in [0.5, 0.6) is 11.5 Å². The van der Waals surface area contributed by atoms with Crippen molar-refractivity contribution < 1.29 is 46.5 Å². The number of phenolic OH excluding ortho intramolecular Hbond substituents is 1. The van der Waals surface area contributed by atoms with E-state index in [0.717, 1.165) is 28.8 Å². The monoisotopic (exact) mass is 471 g/mol. The second-order valence-corrected chi connectivity index (χ2v) is 7.58. The highest BCUT2D eigenvalue weighted by Gasteiger charge is 2.41. The zero-order chi connectivity index (χ0) is 24.9. The molecule has 2 N–H and O–H groups in total. The van der Waals surface area contributed by atoms with Gasteiger partial charge in [0.25, 0.3) is 5.91 Å². The summed E-state index contributed by atoms with van der Waals surface area (Å²) in [6.07, 6.45) is -4.97. The van der Waals surface area contributed by atoms with E-state index in [9.17, 15) is 41.8 Å². The number of carboxylic acids is 1. The van der Waals surface area contributed by atoms with Crippen LogP contribution in [0, 0.1) is 18.6 Å². The number of hydrogen-bond donors (Lipinski definition) is 2. The summed E-state index contributed by atoms with van der Waals surface area (Å²) in [6.45, 7) is 4.16. The van der Waals surface area contributed by atoms with Gasteiger partial charge in [0.05, 0.1) is 10.9 Å². The molecule has 0 radical (unpaired) electrons. The van der Waals surface area contributed by atoms with Crippen LogP contribution in [0.2, 0.25) is 0 Å². The van der Waals surface area contributed by atoms with Gasteiger partial charge in [-0.05, 0) is 44.5 Å². The Kier molecular flexibility index (Phi) is 5.86. The third-order valence-electron chi connectivity index (χ3n) is 5.63. The van der Waals surface area contributed by atoms with Crippen molar-refractivity contribution in [2.75, 3.05) is 0 Å². The summed E-state index contributed by atoms with van der Waals surface area (Å²) in [6, 6.07) is 4.53. The first-order valence-corrected chi connectivity index (χ1v) is 9.59. The fourth-order valence-corrected chi connectivity index (χ4v) is 3.78. The first-order chi connectivity index (χ1) is 15.2. The maximum Gasteiger partial charge on any atom is 0.573 e. The highest BCUT2D eigenvalue weighted by molar-refractivity contribution is 6.06. The predicted octanol–water partition coefficient (Wildman–Crippen LogP) is 5.27. The smallest absolute Gasteiger partial charge is 0.503 e. The third-order valence-corrected chi connectivity index (χ3v) is 5.63. The number of benzene rings is 2. The van der Waals surface area contributed by atoms with Gasteiger partial charge in [-0.15, -0.1) is 13.2 Å². The summed E-state index contributed by atoms with van der Waals surface area (Å²) in [5, 5.41) is 19.2. The summed E-state index contributed by atoms with van der Waals surface area (Å²) in [5.74, 6) is -6.93. The van der Waals surface area contributed by atoms with E-state index in [2.05, 4.69) is 4.74 Å². The van der Waals surface area contributed by atoms with Gasteiger partial charge < -0.3 is 14.9 Å². The quantitative estimate of drug-likeness (QED) is 0.495. The predicted molar refractivity (Wildman–Crippen MR) is 106 cm³/mol. The van der Waals surface area contributed by atoms with E-state index in [1.54, 1.807) is 0 Å². The number of carboxylic acid groups (broad SMARTS) is 1.